The van der Waals surface area contributed by atoms with Crippen molar-refractivity contribution in [1.29, 1.82) is 0 Å². The molecule has 3 rings (SSSR count). The first-order valence-electron chi connectivity index (χ1n) is 10.6. The molecule has 6 nitrogen and oxygen atoms in total. The van der Waals surface area contributed by atoms with Crippen LogP contribution in [0.5, 0.6) is 0 Å². The van der Waals surface area contributed by atoms with Gasteiger partial charge in [-0.1, -0.05) is 36.3 Å². The average Bonchev–Trinajstić information content (AvgIpc) is 2.74. The van der Waals surface area contributed by atoms with E-state index in [1.807, 2.05) is 0 Å². The number of nitrogens with zero attached hydrogens (tertiary/aromatic N) is 2. The number of allylic oxidation sites excluding steroid dienone is 1. The topological polar surface area (TPSA) is 69.7 Å². The predicted molar refractivity (Wildman–Crippen MR) is 115 cm³/mol. The van der Waals surface area contributed by atoms with Crippen LogP contribution in [0.1, 0.15) is 46.0 Å². The summed E-state index contributed by atoms with van der Waals surface area (Å²) in [6, 6.07) is 7.93. The predicted octanol–water partition coefficient (Wildman–Crippen LogP) is 2.78. The third-order valence-electron chi connectivity index (χ3n) is 5.80. The molecule has 0 spiro atoms. The smallest absolute Gasteiger partial charge is 0.243 e. The van der Waals surface area contributed by atoms with Crippen molar-refractivity contribution in [1.82, 2.24) is 14.5 Å². The van der Waals surface area contributed by atoms with Crippen molar-refractivity contribution in [3.05, 3.63) is 42.0 Å². The van der Waals surface area contributed by atoms with Crippen molar-refractivity contribution in [3.8, 4) is 0 Å². The summed E-state index contributed by atoms with van der Waals surface area (Å²) in [6.07, 6.45) is 6.28. The molecule has 7 heteroatoms. The van der Waals surface area contributed by atoms with Crippen molar-refractivity contribution in [2.24, 2.45) is 0 Å². The van der Waals surface area contributed by atoms with Crippen molar-refractivity contribution in [3.63, 3.8) is 0 Å². The van der Waals surface area contributed by atoms with Crippen molar-refractivity contribution >= 4 is 15.9 Å². The molecular formula is C22H33N3O3S. The Labute approximate surface area is 175 Å². The van der Waals surface area contributed by atoms with Gasteiger partial charge in [0.05, 0.1) is 4.90 Å². The van der Waals surface area contributed by atoms with E-state index in [4.69, 9.17) is 0 Å². The molecule has 1 aromatic carbocycles. The molecule has 0 saturated carbocycles. The SMILES string of the molecule is CC(C)=CCN1CCC(NC(=O)C2CCCCN2S(=O)(=O)c2ccccc2)CC1. The van der Waals surface area contributed by atoms with Crippen LogP contribution in [0.4, 0.5) is 0 Å². The Morgan fingerprint density at radius 2 is 1.76 bits per heavy atom. The number of nitrogens with one attached hydrogen (secondary N) is 1. The van der Waals surface area contributed by atoms with Gasteiger partial charge in [-0.3, -0.25) is 9.69 Å². The van der Waals surface area contributed by atoms with Gasteiger partial charge >= 0.3 is 0 Å². The van der Waals surface area contributed by atoms with Crippen LogP contribution < -0.4 is 5.32 Å². The fourth-order valence-electron chi connectivity index (χ4n) is 4.05. The molecule has 0 aliphatic carbocycles. The molecule has 0 radical (unpaired) electrons. The molecule has 1 atom stereocenters. The van der Waals surface area contributed by atoms with Crippen molar-refractivity contribution < 1.29 is 13.2 Å². The van der Waals surface area contributed by atoms with Crippen LogP contribution in [-0.4, -0.2) is 61.8 Å². The molecule has 2 aliphatic heterocycles. The lowest BCUT2D eigenvalue weighted by Gasteiger charge is -2.36. The number of carbonyl (C=O) groups is 1. The lowest BCUT2D eigenvalue weighted by Crippen LogP contribution is -2.55. The van der Waals surface area contributed by atoms with Gasteiger partial charge in [0.1, 0.15) is 6.04 Å². The average molecular weight is 420 g/mol. The summed E-state index contributed by atoms with van der Waals surface area (Å²) >= 11 is 0. The molecule has 2 aliphatic rings. The number of carbonyl (C=O) groups excluding carboxylic acids is 1. The summed E-state index contributed by atoms with van der Waals surface area (Å²) in [5, 5.41) is 3.14. The molecule has 1 amide bonds. The Morgan fingerprint density at radius 1 is 1.07 bits per heavy atom. The maximum atomic E-state index is 13.1. The van der Waals surface area contributed by atoms with Crippen LogP contribution in [-0.2, 0) is 14.8 Å². The lowest BCUT2D eigenvalue weighted by molar-refractivity contribution is -0.126. The molecule has 1 N–H and O–H groups in total. The summed E-state index contributed by atoms with van der Waals surface area (Å²) in [5.41, 5.74) is 1.32. The second-order valence-electron chi connectivity index (χ2n) is 8.31. The molecule has 2 saturated heterocycles. The highest BCUT2D eigenvalue weighted by Gasteiger charge is 2.38. The summed E-state index contributed by atoms with van der Waals surface area (Å²) in [4.78, 5) is 15.7. The highest BCUT2D eigenvalue weighted by atomic mass is 32.2. The number of piperidine rings is 2. The van der Waals surface area contributed by atoms with Gasteiger partial charge in [-0.2, -0.15) is 4.31 Å². The third kappa shape index (κ3) is 5.68. The van der Waals surface area contributed by atoms with Crippen LogP contribution in [0.2, 0.25) is 0 Å². The van der Waals surface area contributed by atoms with Crippen LogP contribution >= 0.6 is 0 Å². The van der Waals surface area contributed by atoms with Gasteiger partial charge in [0.2, 0.25) is 15.9 Å². The third-order valence-corrected chi connectivity index (χ3v) is 7.72. The van der Waals surface area contributed by atoms with E-state index in [1.54, 1.807) is 30.3 Å². The molecule has 2 fully saturated rings. The summed E-state index contributed by atoms with van der Waals surface area (Å²) in [6.45, 7) is 7.46. The first-order chi connectivity index (χ1) is 13.9. The second-order valence-corrected chi connectivity index (χ2v) is 10.2. The minimum absolute atomic E-state index is 0.119. The molecule has 160 valence electrons. The van der Waals surface area contributed by atoms with Crippen LogP contribution in [0.15, 0.2) is 46.9 Å². The molecular weight excluding hydrogens is 386 g/mol. The van der Waals surface area contributed by atoms with E-state index in [0.29, 0.717) is 13.0 Å². The summed E-state index contributed by atoms with van der Waals surface area (Å²) in [7, 11) is -3.66. The first-order valence-corrected chi connectivity index (χ1v) is 12.0. The van der Waals surface area contributed by atoms with E-state index < -0.39 is 16.1 Å². The van der Waals surface area contributed by atoms with E-state index in [9.17, 15) is 13.2 Å². The maximum absolute atomic E-state index is 13.1. The number of hydrogen-bond acceptors (Lipinski definition) is 4. The standard InChI is InChI=1S/C22H33N3O3S/c1-18(2)11-15-24-16-12-19(13-17-24)23-22(26)21-10-6-7-14-25(21)29(27,28)20-8-4-3-5-9-20/h3-5,8-9,11,19,21H,6-7,10,12-17H2,1-2H3,(H,23,26). The summed E-state index contributed by atoms with van der Waals surface area (Å²) in [5.74, 6) is -0.146. The number of rotatable bonds is 6. The molecule has 0 aromatic heterocycles. The van der Waals surface area contributed by atoms with E-state index in [-0.39, 0.29) is 16.8 Å². The van der Waals surface area contributed by atoms with Crippen LogP contribution in [0.25, 0.3) is 0 Å². The van der Waals surface area contributed by atoms with Gasteiger partial charge in [0.15, 0.2) is 0 Å². The fraction of sp³-hybridized carbons (Fsp3) is 0.591. The van der Waals surface area contributed by atoms with Gasteiger partial charge in [-0.25, -0.2) is 8.42 Å². The monoisotopic (exact) mass is 419 g/mol. The van der Waals surface area contributed by atoms with Crippen LogP contribution in [0, 0.1) is 0 Å². The van der Waals surface area contributed by atoms with Gasteiger partial charge in [0.25, 0.3) is 0 Å². The Morgan fingerprint density at radius 3 is 2.41 bits per heavy atom. The van der Waals surface area contributed by atoms with E-state index in [0.717, 1.165) is 45.3 Å². The van der Waals surface area contributed by atoms with Crippen molar-refractivity contribution in [2.45, 2.75) is 62.9 Å². The molecule has 2 heterocycles. The number of likely N-dealkylation sites (tertiary alicyclic amines) is 1. The quantitative estimate of drug-likeness (QED) is 0.720. The number of sulfonamides is 1. The number of benzene rings is 1. The largest absolute Gasteiger partial charge is 0.352 e. The highest BCUT2D eigenvalue weighted by Crippen LogP contribution is 2.26. The lowest BCUT2D eigenvalue weighted by atomic mass is 10.0. The minimum Gasteiger partial charge on any atom is -0.352 e. The molecule has 1 unspecified atom stereocenters. The Hall–Kier alpha value is -1.70. The first kappa shape index (κ1) is 22.0. The van der Waals surface area contributed by atoms with E-state index in [1.165, 1.54) is 9.88 Å². The maximum Gasteiger partial charge on any atom is 0.243 e. The van der Waals surface area contributed by atoms with Gasteiger partial charge in [0, 0.05) is 32.2 Å². The molecule has 0 bridgehead atoms. The van der Waals surface area contributed by atoms with E-state index >= 15 is 0 Å². The zero-order valence-electron chi connectivity index (χ0n) is 17.5. The van der Waals surface area contributed by atoms with Gasteiger partial charge < -0.3 is 5.32 Å². The number of hydrogen-bond donors (Lipinski definition) is 1. The van der Waals surface area contributed by atoms with Gasteiger partial charge in [-0.15, -0.1) is 0 Å². The second kappa shape index (κ2) is 9.87. The highest BCUT2D eigenvalue weighted by molar-refractivity contribution is 7.89. The minimum atomic E-state index is -3.66. The molecule has 1 aromatic rings. The Balaban J connectivity index is 1.61. The normalized spacial score (nSPS) is 22.2. The zero-order chi connectivity index (χ0) is 20.9. The van der Waals surface area contributed by atoms with Crippen LogP contribution in [0.3, 0.4) is 0 Å². The Bertz CT molecular complexity index is 811. The fourth-order valence-corrected chi connectivity index (χ4v) is 5.73. The summed E-state index contributed by atoms with van der Waals surface area (Å²) < 4.78 is 27.6. The molecule has 29 heavy (non-hydrogen) atoms. The van der Waals surface area contributed by atoms with Gasteiger partial charge in [-0.05, 0) is 51.7 Å². The van der Waals surface area contributed by atoms with E-state index in [2.05, 4.69) is 30.1 Å². The van der Waals surface area contributed by atoms with Crippen molar-refractivity contribution in [2.75, 3.05) is 26.2 Å². The zero-order valence-corrected chi connectivity index (χ0v) is 18.3. The Kier molecular flexibility index (Phi) is 7.49. The number of amides is 1.